The highest BCUT2D eigenvalue weighted by atomic mass is 32.2. The van der Waals surface area contributed by atoms with Gasteiger partial charge in [0.1, 0.15) is 5.82 Å². The molecule has 0 atom stereocenters. The Morgan fingerprint density at radius 3 is 2.52 bits per heavy atom. The summed E-state index contributed by atoms with van der Waals surface area (Å²) in [6, 6.07) is 13.6. The van der Waals surface area contributed by atoms with Crippen molar-refractivity contribution >= 4 is 21.1 Å². The Morgan fingerprint density at radius 1 is 1.12 bits per heavy atom. The number of rotatable bonds is 8. The zero-order chi connectivity index (χ0) is 23.4. The maximum absolute atomic E-state index is 13.1. The molecular weight excluding hydrogens is 436 g/mol. The molecule has 8 heteroatoms. The quantitative estimate of drug-likeness (QED) is 0.478. The van der Waals surface area contributed by atoms with Crippen molar-refractivity contribution in [3.63, 3.8) is 0 Å². The number of benzene rings is 2. The van der Waals surface area contributed by atoms with Gasteiger partial charge < -0.3 is 9.30 Å². The monoisotopic (exact) mass is 466 g/mol. The first-order valence-electron chi connectivity index (χ1n) is 11.2. The predicted molar refractivity (Wildman–Crippen MR) is 129 cm³/mol. The normalized spacial score (nSPS) is 15.2. The van der Waals surface area contributed by atoms with Gasteiger partial charge >= 0.3 is 0 Å². The molecule has 0 unspecified atom stereocenters. The molecule has 7 nitrogen and oxygen atoms in total. The summed E-state index contributed by atoms with van der Waals surface area (Å²) in [5.41, 5.74) is 4.01. The molecule has 174 valence electrons. The second-order valence-electron chi connectivity index (χ2n) is 8.27. The maximum atomic E-state index is 13.1. The fraction of sp³-hybridized carbons (Fsp3) is 0.400. The Hall–Kier alpha value is -2.70. The molecule has 1 aromatic heterocycles. The summed E-state index contributed by atoms with van der Waals surface area (Å²) >= 11 is 0. The standard InChI is InChI=1S/C25H30N4O3S/c1-4-12-27(18-21-8-6-20(3)7-9-21)19-25-26-23-17-22(10-11-24(23)29(25)5-2)33(30,31)28-13-15-32-16-14-28/h1,6-11,17H,5,12-16,18-19H2,2-3H3. The molecular formula is C25H30N4O3S. The van der Waals surface area contributed by atoms with Crippen LogP contribution in [0.1, 0.15) is 23.9 Å². The Labute approximate surface area is 196 Å². The minimum absolute atomic E-state index is 0.268. The number of sulfonamides is 1. The van der Waals surface area contributed by atoms with Crippen LogP contribution in [0.3, 0.4) is 0 Å². The van der Waals surface area contributed by atoms with Gasteiger partial charge in [-0.2, -0.15) is 4.31 Å². The van der Waals surface area contributed by atoms with Crippen LogP contribution in [0, 0.1) is 19.3 Å². The number of imidazole rings is 1. The fourth-order valence-corrected chi connectivity index (χ4v) is 5.61. The summed E-state index contributed by atoms with van der Waals surface area (Å²) in [6.45, 7) is 8.23. The van der Waals surface area contributed by atoms with E-state index in [1.165, 1.54) is 15.4 Å². The Balaban J connectivity index is 1.63. The third kappa shape index (κ3) is 5.12. The van der Waals surface area contributed by atoms with E-state index < -0.39 is 10.0 Å². The van der Waals surface area contributed by atoms with Gasteiger partial charge in [0.05, 0.1) is 42.2 Å². The molecule has 1 aliphatic heterocycles. The van der Waals surface area contributed by atoms with E-state index in [0.29, 0.717) is 51.5 Å². The Kier molecular flexibility index (Phi) is 7.15. The second-order valence-corrected chi connectivity index (χ2v) is 10.2. The lowest BCUT2D eigenvalue weighted by Crippen LogP contribution is -2.40. The lowest BCUT2D eigenvalue weighted by atomic mass is 10.1. The summed E-state index contributed by atoms with van der Waals surface area (Å²) < 4.78 is 35.1. The summed E-state index contributed by atoms with van der Waals surface area (Å²) in [5.74, 6) is 3.62. The molecule has 4 rings (SSSR count). The molecule has 0 spiro atoms. The lowest BCUT2D eigenvalue weighted by Gasteiger charge is -2.26. The van der Waals surface area contributed by atoms with E-state index in [9.17, 15) is 8.42 Å². The SMILES string of the molecule is C#CCN(Cc1ccc(C)cc1)Cc1nc2cc(S(=O)(=O)N3CCOCC3)ccc2n1CC. The smallest absolute Gasteiger partial charge is 0.243 e. The molecule has 0 aliphatic carbocycles. The highest BCUT2D eigenvalue weighted by Gasteiger charge is 2.27. The number of fused-ring (bicyclic) bond motifs is 1. The third-order valence-electron chi connectivity index (χ3n) is 5.93. The molecule has 1 aliphatic rings. The molecule has 0 radical (unpaired) electrons. The molecule has 2 heterocycles. The highest BCUT2D eigenvalue weighted by molar-refractivity contribution is 7.89. The van der Waals surface area contributed by atoms with Crippen molar-refractivity contribution in [2.75, 3.05) is 32.8 Å². The van der Waals surface area contributed by atoms with Crippen molar-refractivity contribution in [3.8, 4) is 12.3 Å². The average molecular weight is 467 g/mol. The van der Waals surface area contributed by atoms with E-state index >= 15 is 0 Å². The molecule has 0 bridgehead atoms. The number of terminal acetylenes is 1. The van der Waals surface area contributed by atoms with Crippen LogP contribution in [0.2, 0.25) is 0 Å². The van der Waals surface area contributed by atoms with Gasteiger partial charge in [0.2, 0.25) is 10.0 Å². The topological polar surface area (TPSA) is 67.7 Å². The van der Waals surface area contributed by atoms with E-state index in [4.69, 9.17) is 16.1 Å². The first-order valence-corrected chi connectivity index (χ1v) is 12.6. The molecule has 3 aromatic rings. The molecule has 0 N–H and O–H groups in total. The van der Waals surface area contributed by atoms with E-state index in [1.807, 2.05) is 6.07 Å². The number of ether oxygens (including phenoxy) is 1. The average Bonchev–Trinajstić information content (AvgIpc) is 3.17. The summed E-state index contributed by atoms with van der Waals surface area (Å²) in [4.78, 5) is 7.26. The third-order valence-corrected chi connectivity index (χ3v) is 7.82. The minimum atomic E-state index is -3.57. The van der Waals surface area contributed by atoms with Crippen LogP contribution < -0.4 is 0 Å². The molecule has 1 saturated heterocycles. The zero-order valence-corrected chi connectivity index (χ0v) is 20.0. The van der Waals surface area contributed by atoms with Crippen molar-refractivity contribution in [3.05, 3.63) is 59.4 Å². The van der Waals surface area contributed by atoms with Crippen LogP contribution in [0.25, 0.3) is 11.0 Å². The van der Waals surface area contributed by atoms with Gasteiger partial charge in [0.15, 0.2) is 0 Å². The molecule has 0 saturated carbocycles. The maximum Gasteiger partial charge on any atom is 0.243 e. The van der Waals surface area contributed by atoms with E-state index in [0.717, 1.165) is 17.9 Å². The summed E-state index contributed by atoms with van der Waals surface area (Å²) in [5, 5.41) is 0. The van der Waals surface area contributed by atoms with Gasteiger partial charge in [-0.05, 0) is 37.6 Å². The summed E-state index contributed by atoms with van der Waals surface area (Å²) in [6.07, 6.45) is 5.65. The van der Waals surface area contributed by atoms with Gasteiger partial charge in [-0.1, -0.05) is 35.7 Å². The van der Waals surface area contributed by atoms with Crippen molar-refractivity contribution in [1.82, 2.24) is 18.8 Å². The molecule has 2 aromatic carbocycles. The van der Waals surface area contributed by atoms with Gasteiger partial charge in [0, 0.05) is 26.2 Å². The second kappa shape index (κ2) is 10.1. The van der Waals surface area contributed by atoms with Gasteiger partial charge in [-0.3, -0.25) is 4.90 Å². The molecule has 0 amide bonds. The minimum Gasteiger partial charge on any atom is -0.379 e. The van der Waals surface area contributed by atoms with Gasteiger partial charge in [-0.25, -0.2) is 13.4 Å². The van der Waals surface area contributed by atoms with Crippen LogP contribution in [0.4, 0.5) is 0 Å². The molecule has 1 fully saturated rings. The van der Waals surface area contributed by atoms with Crippen molar-refractivity contribution < 1.29 is 13.2 Å². The van der Waals surface area contributed by atoms with Crippen LogP contribution in [-0.4, -0.2) is 60.0 Å². The van der Waals surface area contributed by atoms with E-state index in [-0.39, 0.29) is 4.90 Å². The van der Waals surface area contributed by atoms with Crippen molar-refractivity contribution in [2.45, 2.75) is 38.4 Å². The molecule has 33 heavy (non-hydrogen) atoms. The first kappa shape index (κ1) is 23.5. The number of aryl methyl sites for hydroxylation is 2. The number of morpholine rings is 1. The van der Waals surface area contributed by atoms with Gasteiger partial charge in [-0.15, -0.1) is 6.42 Å². The van der Waals surface area contributed by atoms with E-state index in [2.05, 4.69) is 53.5 Å². The zero-order valence-electron chi connectivity index (χ0n) is 19.2. The van der Waals surface area contributed by atoms with Gasteiger partial charge in [0.25, 0.3) is 0 Å². The Morgan fingerprint density at radius 2 is 1.85 bits per heavy atom. The van der Waals surface area contributed by atoms with Crippen molar-refractivity contribution in [2.24, 2.45) is 0 Å². The van der Waals surface area contributed by atoms with Crippen LogP contribution in [0.5, 0.6) is 0 Å². The number of hydrogen-bond donors (Lipinski definition) is 0. The van der Waals surface area contributed by atoms with Crippen LogP contribution >= 0.6 is 0 Å². The number of nitrogens with zero attached hydrogens (tertiary/aromatic N) is 4. The van der Waals surface area contributed by atoms with Crippen molar-refractivity contribution in [1.29, 1.82) is 0 Å². The first-order chi connectivity index (χ1) is 15.9. The number of aromatic nitrogens is 2. The fourth-order valence-electron chi connectivity index (χ4n) is 4.18. The summed E-state index contributed by atoms with van der Waals surface area (Å²) in [7, 11) is -3.57. The van der Waals surface area contributed by atoms with E-state index in [1.54, 1.807) is 12.1 Å². The largest absolute Gasteiger partial charge is 0.379 e. The predicted octanol–water partition coefficient (Wildman–Crippen LogP) is 3.02. The van der Waals surface area contributed by atoms with Crippen LogP contribution in [0.15, 0.2) is 47.4 Å². The highest BCUT2D eigenvalue weighted by Crippen LogP contribution is 2.24. The lowest BCUT2D eigenvalue weighted by molar-refractivity contribution is 0.0730. The number of hydrogen-bond acceptors (Lipinski definition) is 5. The van der Waals surface area contributed by atoms with Crippen LogP contribution in [-0.2, 0) is 34.4 Å². The Bertz CT molecular complexity index is 1250.